The van der Waals surface area contributed by atoms with Crippen molar-refractivity contribution in [3.63, 3.8) is 0 Å². The summed E-state index contributed by atoms with van der Waals surface area (Å²) in [5, 5.41) is 0. The Labute approximate surface area is 127 Å². The van der Waals surface area contributed by atoms with Crippen molar-refractivity contribution in [3.8, 4) is 0 Å². The Kier molecular flexibility index (Phi) is 5.03. The molecule has 0 aromatic heterocycles. The normalized spacial score (nSPS) is 10.6. The first-order valence-electron chi connectivity index (χ1n) is 6.55. The summed E-state index contributed by atoms with van der Waals surface area (Å²) in [6.45, 7) is -0.0838. The summed E-state index contributed by atoms with van der Waals surface area (Å²) in [6.07, 6.45) is 2.46. The van der Waals surface area contributed by atoms with Gasteiger partial charge in [0, 0.05) is 22.8 Å². The molecule has 1 amide bonds. The third-order valence-electron chi connectivity index (χ3n) is 2.96. The van der Waals surface area contributed by atoms with E-state index in [9.17, 15) is 14.0 Å². The molecule has 0 aliphatic heterocycles. The SMILES string of the molecule is NC(=O)c1ccccc1COC(=O)/C=C\c1ccccc1F. The van der Waals surface area contributed by atoms with E-state index in [0.29, 0.717) is 11.1 Å². The van der Waals surface area contributed by atoms with Crippen LogP contribution >= 0.6 is 0 Å². The van der Waals surface area contributed by atoms with E-state index in [4.69, 9.17) is 10.5 Å². The zero-order valence-corrected chi connectivity index (χ0v) is 11.7. The third-order valence-corrected chi connectivity index (χ3v) is 2.96. The van der Waals surface area contributed by atoms with Gasteiger partial charge in [0.05, 0.1) is 0 Å². The van der Waals surface area contributed by atoms with E-state index in [-0.39, 0.29) is 12.2 Å². The Morgan fingerprint density at radius 1 is 1.09 bits per heavy atom. The standard InChI is InChI=1S/C17H14FNO3/c18-15-8-4-2-5-12(15)9-10-16(20)22-11-13-6-1-3-7-14(13)17(19)21/h1-10H,11H2,(H2,19,21)/b10-9-. The number of rotatable bonds is 5. The first-order valence-corrected chi connectivity index (χ1v) is 6.55. The molecule has 0 unspecified atom stereocenters. The lowest BCUT2D eigenvalue weighted by Crippen LogP contribution is -2.14. The van der Waals surface area contributed by atoms with Gasteiger partial charge in [-0.1, -0.05) is 36.4 Å². The van der Waals surface area contributed by atoms with Crippen molar-refractivity contribution < 1.29 is 18.7 Å². The number of amides is 1. The number of nitrogens with two attached hydrogens (primary N) is 1. The molecule has 0 heterocycles. The minimum atomic E-state index is -0.637. The largest absolute Gasteiger partial charge is 0.458 e. The third kappa shape index (κ3) is 4.02. The zero-order chi connectivity index (χ0) is 15.9. The number of carbonyl (C=O) groups is 2. The van der Waals surface area contributed by atoms with Crippen LogP contribution in [0.15, 0.2) is 54.6 Å². The molecule has 2 rings (SSSR count). The highest BCUT2D eigenvalue weighted by molar-refractivity contribution is 5.94. The fourth-order valence-electron chi connectivity index (χ4n) is 1.85. The first-order chi connectivity index (χ1) is 10.6. The molecule has 2 aromatic carbocycles. The molecule has 5 heteroatoms. The van der Waals surface area contributed by atoms with E-state index in [0.717, 1.165) is 6.08 Å². The van der Waals surface area contributed by atoms with Gasteiger partial charge in [-0.25, -0.2) is 9.18 Å². The Bertz CT molecular complexity index is 725. The van der Waals surface area contributed by atoms with Gasteiger partial charge in [-0.2, -0.15) is 0 Å². The van der Waals surface area contributed by atoms with Crippen molar-refractivity contribution in [2.45, 2.75) is 6.61 Å². The van der Waals surface area contributed by atoms with Crippen LogP contribution in [-0.4, -0.2) is 11.9 Å². The molecule has 112 valence electrons. The predicted molar refractivity (Wildman–Crippen MR) is 80.2 cm³/mol. The lowest BCUT2D eigenvalue weighted by atomic mass is 10.1. The van der Waals surface area contributed by atoms with E-state index >= 15 is 0 Å². The van der Waals surface area contributed by atoms with Crippen LogP contribution in [0.5, 0.6) is 0 Å². The molecule has 0 atom stereocenters. The van der Waals surface area contributed by atoms with E-state index in [1.165, 1.54) is 12.1 Å². The predicted octanol–water partition coefficient (Wildman–Crippen LogP) is 2.68. The van der Waals surface area contributed by atoms with Crippen LogP contribution in [0.25, 0.3) is 6.08 Å². The Morgan fingerprint density at radius 2 is 1.77 bits per heavy atom. The van der Waals surface area contributed by atoms with E-state index in [1.807, 2.05) is 0 Å². The molecule has 0 spiro atoms. The van der Waals surface area contributed by atoms with Gasteiger partial charge in [-0.3, -0.25) is 4.79 Å². The van der Waals surface area contributed by atoms with Crippen LogP contribution in [-0.2, 0) is 16.1 Å². The lowest BCUT2D eigenvalue weighted by molar-refractivity contribution is -0.138. The fourth-order valence-corrected chi connectivity index (χ4v) is 1.85. The van der Waals surface area contributed by atoms with Crippen molar-refractivity contribution in [1.82, 2.24) is 0 Å². The second-order valence-electron chi connectivity index (χ2n) is 4.48. The molecule has 4 nitrogen and oxygen atoms in total. The minimum Gasteiger partial charge on any atom is -0.458 e. The maximum atomic E-state index is 13.4. The van der Waals surface area contributed by atoms with Crippen LogP contribution in [0.1, 0.15) is 21.5 Å². The number of halogens is 1. The molecule has 0 saturated heterocycles. The number of ether oxygens (including phenoxy) is 1. The summed E-state index contributed by atoms with van der Waals surface area (Å²) in [5.74, 6) is -1.65. The molecule has 0 radical (unpaired) electrons. The van der Waals surface area contributed by atoms with Gasteiger partial charge in [0.2, 0.25) is 5.91 Å². The molecule has 22 heavy (non-hydrogen) atoms. The number of primary amides is 1. The average molecular weight is 299 g/mol. The number of hydrogen-bond acceptors (Lipinski definition) is 3. The molecule has 0 bridgehead atoms. The van der Waals surface area contributed by atoms with Crippen molar-refractivity contribution in [2.75, 3.05) is 0 Å². The Morgan fingerprint density at radius 3 is 2.50 bits per heavy atom. The van der Waals surface area contributed by atoms with Gasteiger partial charge in [-0.05, 0) is 18.2 Å². The molecular formula is C17H14FNO3. The lowest BCUT2D eigenvalue weighted by Gasteiger charge is -2.06. The van der Waals surface area contributed by atoms with Crippen LogP contribution in [0.2, 0.25) is 0 Å². The maximum absolute atomic E-state index is 13.4. The summed E-state index contributed by atoms with van der Waals surface area (Å²) in [4.78, 5) is 22.9. The van der Waals surface area contributed by atoms with Gasteiger partial charge in [0.15, 0.2) is 0 Å². The number of benzene rings is 2. The van der Waals surface area contributed by atoms with Crippen LogP contribution < -0.4 is 5.73 Å². The maximum Gasteiger partial charge on any atom is 0.331 e. The van der Waals surface area contributed by atoms with Crippen LogP contribution in [0, 0.1) is 5.82 Å². The second kappa shape index (κ2) is 7.17. The smallest absolute Gasteiger partial charge is 0.331 e. The average Bonchev–Trinajstić information content (AvgIpc) is 2.52. The highest BCUT2D eigenvalue weighted by atomic mass is 19.1. The summed E-state index contributed by atoms with van der Waals surface area (Å²) < 4.78 is 18.4. The van der Waals surface area contributed by atoms with Gasteiger partial charge < -0.3 is 10.5 Å². The van der Waals surface area contributed by atoms with Gasteiger partial charge in [0.25, 0.3) is 0 Å². The number of esters is 1. The van der Waals surface area contributed by atoms with Crippen molar-refractivity contribution in [2.24, 2.45) is 5.73 Å². The van der Waals surface area contributed by atoms with E-state index in [2.05, 4.69) is 0 Å². The summed E-state index contributed by atoms with van der Waals surface area (Å²) in [7, 11) is 0. The van der Waals surface area contributed by atoms with Gasteiger partial charge >= 0.3 is 5.97 Å². The quantitative estimate of drug-likeness (QED) is 0.681. The Hall–Kier alpha value is -2.95. The monoisotopic (exact) mass is 299 g/mol. The van der Waals surface area contributed by atoms with Gasteiger partial charge in [0.1, 0.15) is 12.4 Å². The highest BCUT2D eigenvalue weighted by Gasteiger charge is 2.08. The van der Waals surface area contributed by atoms with Crippen LogP contribution in [0.4, 0.5) is 4.39 Å². The van der Waals surface area contributed by atoms with E-state index < -0.39 is 17.7 Å². The second-order valence-corrected chi connectivity index (χ2v) is 4.48. The Balaban J connectivity index is 1.99. The minimum absolute atomic E-state index is 0.0838. The zero-order valence-electron chi connectivity index (χ0n) is 11.7. The molecule has 2 aromatic rings. The molecule has 0 aliphatic carbocycles. The molecular weight excluding hydrogens is 285 g/mol. The topological polar surface area (TPSA) is 69.4 Å². The first kappa shape index (κ1) is 15.4. The number of carbonyl (C=O) groups excluding carboxylic acids is 2. The van der Waals surface area contributed by atoms with Gasteiger partial charge in [-0.15, -0.1) is 0 Å². The molecule has 0 saturated carbocycles. The summed E-state index contributed by atoms with van der Waals surface area (Å²) in [6, 6.07) is 12.7. The number of hydrogen-bond donors (Lipinski definition) is 1. The molecule has 0 aliphatic rings. The van der Waals surface area contributed by atoms with E-state index in [1.54, 1.807) is 42.5 Å². The molecule has 2 N–H and O–H groups in total. The summed E-state index contributed by atoms with van der Waals surface area (Å²) >= 11 is 0. The van der Waals surface area contributed by atoms with Crippen molar-refractivity contribution in [1.29, 1.82) is 0 Å². The summed E-state index contributed by atoms with van der Waals surface area (Å²) in [5.41, 5.74) is 6.34. The van der Waals surface area contributed by atoms with Crippen LogP contribution in [0.3, 0.4) is 0 Å². The van der Waals surface area contributed by atoms with Crippen molar-refractivity contribution >= 4 is 18.0 Å². The highest BCUT2D eigenvalue weighted by Crippen LogP contribution is 2.11. The fraction of sp³-hybridized carbons (Fsp3) is 0.0588. The van der Waals surface area contributed by atoms with Crippen molar-refractivity contribution in [3.05, 3.63) is 77.1 Å². The molecule has 0 fully saturated rings.